The van der Waals surface area contributed by atoms with Crippen molar-refractivity contribution in [2.45, 2.75) is 34.1 Å². The van der Waals surface area contributed by atoms with E-state index in [0.717, 1.165) is 22.4 Å². The fourth-order valence-electron chi connectivity index (χ4n) is 2.13. The maximum atomic E-state index is 12.5. The van der Waals surface area contributed by atoms with Crippen LogP contribution in [0.1, 0.15) is 50.6 Å². The zero-order valence-electron chi connectivity index (χ0n) is 13.9. The number of carbonyl (C=O) groups is 2. The summed E-state index contributed by atoms with van der Waals surface area (Å²) in [7, 11) is 0. The highest BCUT2D eigenvalue weighted by Crippen LogP contribution is 2.30. The van der Waals surface area contributed by atoms with Crippen LogP contribution in [0.3, 0.4) is 0 Å². The van der Waals surface area contributed by atoms with Gasteiger partial charge >= 0.3 is 5.97 Å². The van der Waals surface area contributed by atoms with Crippen LogP contribution in [0.5, 0.6) is 0 Å². The van der Waals surface area contributed by atoms with Crippen molar-refractivity contribution in [2.24, 2.45) is 0 Å². The Morgan fingerprint density at radius 3 is 2.48 bits per heavy atom. The van der Waals surface area contributed by atoms with Crippen molar-refractivity contribution in [3.05, 3.63) is 51.4 Å². The minimum absolute atomic E-state index is 0.219. The van der Waals surface area contributed by atoms with Crippen LogP contribution in [0.2, 0.25) is 0 Å². The minimum Gasteiger partial charge on any atom is -0.462 e. The van der Waals surface area contributed by atoms with Crippen LogP contribution in [-0.2, 0) is 11.2 Å². The van der Waals surface area contributed by atoms with Gasteiger partial charge in [0.25, 0.3) is 5.91 Å². The maximum Gasteiger partial charge on any atom is 0.341 e. The van der Waals surface area contributed by atoms with Crippen LogP contribution in [0.25, 0.3) is 0 Å². The van der Waals surface area contributed by atoms with Gasteiger partial charge in [-0.15, -0.1) is 11.3 Å². The molecule has 0 saturated carbocycles. The van der Waals surface area contributed by atoms with Crippen molar-refractivity contribution in [1.82, 2.24) is 0 Å². The molecule has 1 amide bonds. The second-order valence-corrected chi connectivity index (χ2v) is 6.42. The van der Waals surface area contributed by atoms with Gasteiger partial charge in [0.1, 0.15) is 5.00 Å². The number of anilines is 1. The molecule has 0 radical (unpaired) electrons. The monoisotopic (exact) mass is 331 g/mol. The summed E-state index contributed by atoms with van der Waals surface area (Å²) < 4.78 is 5.06. The first-order valence-corrected chi connectivity index (χ1v) is 8.46. The van der Waals surface area contributed by atoms with E-state index >= 15 is 0 Å². The molecule has 0 atom stereocenters. The summed E-state index contributed by atoms with van der Waals surface area (Å²) in [6.07, 6.45) is 0.802. The van der Waals surface area contributed by atoms with Crippen molar-refractivity contribution < 1.29 is 14.3 Å². The van der Waals surface area contributed by atoms with Gasteiger partial charge in [0.15, 0.2) is 0 Å². The Balaban J connectivity index is 2.27. The molecular formula is C18H21NO3S. The largest absolute Gasteiger partial charge is 0.462 e. The number of thiophene rings is 1. The van der Waals surface area contributed by atoms with Gasteiger partial charge in [0, 0.05) is 10.4 Å². The van der Waals surface area contributed by atoms with E-state index in [2.05, 4.69) is 5.32 Å². The van der Waals surface area contributed by atoms with Gasteiger partial charge in [-0.2, -0.15) is 0 Å². The van der Waals surface area contributed by atoms with Gasteiger partial charge in [-0.3, -0.25) is 4.79 Å². The third-order valence-electron chi connectivity index (χ3n) is 3.62. The number of ether oxygens (including phenoxy) is 1. The summed E-state index contributed by atoms with van der Waals surface area (Å²) in [6, 6.07) is 7.35. The van der Waals surface area contributed by atoms with E-state index < -0.39 is 5.97 Å². The summed E-state index contributed by atoms with van der Waals surface area (Å²) in [5.74, 6) is -0.623. The first kappa shape index (κ1) is 17.2. The fourth-order valence-corrected chi connectivity index (χ4v) is 3.11. The Morgan fingerprint density at radius 2 is 1.87 bits per heavy atom. The Kier molecular flexibility index (Phi) is 5.55. The molecule has 122 valence electrons. The lowest BCUT2D eigenvalue weighted by atomic mass is 10.1. The molecule has 5 heteroatoms. The van der Waals surface area contributed by atoms with Crippen LogP contribution >= 0.6 is 11.3 Å². The lowest BCUT2D eigenvalue weighted by Gasteiger charge is -2.07. The molecule has 0 aliphatic carbocycles. The van der Waals surface area contributed by atoms with E-state index in [1.165, 1.54) is 11.3 Å². The van der Waals surface area contributed by atoms with Gasteiger partial charge in [-0.1, -0.05) is 13.0 Å². The molecule has 0 aliphatic heterocycles. The third kappa shape index (κ3) is 3.99. The SMILES string of the molecule is CCOC(=O)c1cc(CC)sc1NC(=O)c1ccc(C)c(C)c1. The minimum atomic E-state index is -0.404. The summed E-state index contributed by atoms with van der Waals surface area (Å²) in [5, 5.41) is 3.39. The Bertz CT molecular complexity index is 734. The molecule has 0 aliphatic rings. The molecule has 1 N–H and O–H groups in total. The Labute approximate surface area is 140 Å². The number of nitrogens with one attached hydrogen (secondary N) is 1. The number of amides is 1. The summed E-state index contributed by atoms with van der Waals surface area (Å²) in [5.41, 5.74) is 3.20. The normalized spacial score (nSPS) is 10.4. The average molecular weight is 331 g/mol. The highest BCUT2D eigenvalue weighted by molar-refractivity contribution is 7.16. The maximum absolute atomic E-state index is 12.5. The summed E-state index contributed by atoms with van der Waals surface area (Å²) in [6.45, 7) is 8.05. The zero-order chi connectivity index (χ0) is 17.0. The lowest BCUT2D eigenvalue weighted by Crippen LogP contribution is -2.14. The van der Waals surface area contributed by atoms with Crippen LogP contribution in [0, 0.1) is 13.8 Å². The second-order valence-electron chi connectivity index (χ2n) is 5.28. The molecular weight excluding hydrogens is 310 g/mol. The first-order valence-electron chi connectivity index (χ1n) is 7.64. The number of hydrogen-bond donors (Lipinski definition) is 1. The standard InChI is InChI=1S/C18H21NO3S/c1-5-14-10-15(18(21)22-6-2)17(23-14)19-16(20)13-8-7-11(3)12(4)9-13/h7-10H,5-6H2,1-4H3,(H,19,20). The third-order valence-corrected chi connectivity index (χ3v) is 4.82. The molecule has 2 aromatic rings. The van der Waals surface area contributed by atoms with Crippen molar-refractivity contribution in [2.75, 3.05) is 11.9 Å². The molecule has 23 heavy (non-hydrogen) atoms. The van der Waals surface area contributed by atoms with Gasteiger partial charge in [0.05, 0.1) is 12.2 Å². The molecule has 1 aromatic heterocycles. The Morgan fingerprint density at radius 1 is 1.13 bits per heavy atom. The molecule has 1 heterocycles. The molecule has 2 rings (SSSR count). The predicted octanol–water partition coefficient (Wildman–Crippen LogP) is 4.36. The number of esters is 1. The van der Waals surface area contributed by atoms with Crippen molar-refractivity contribution in [1.29, 1.82) is 0 Å². The van der Waals surface area contributed by atoms with E-state index in [9.17, 15) is 9.59 Å². The zero-order valence-corrected chi connectivity index (χ0v) is 14.7. The molecule has 4 nitrogen and oxygen atoms in total. The second kappa shape index (κ2) is 7.42. The molecule has 0 fully saturated rings. The quantitative estimate of drug-likeness (QED) is 0.828. The first-order chi connectivity index (χ1) is 11.0. The van der Waals surface area contributed by atoms with Gasteiger partial charge in [-0.25, -0.2) is 4.79 Å². The van der Waals surface area contributed by atoms with Gasteiger partial charge < -0.3 is 10.1 Å². The Hall–Kier alpha value is -2.14. The summed E-state index contributed by atoms with van der Waals surface area (Å²) >= 11 is 1.41. The van der Waals surface area contributed by atoms with E-state index in [4.69, 9.17) is 4.74 Å². The smallest absolute Gasteiger partial charge is 0.341 e. The van der Waals surface area contributed by atoms with E-state index in [1.54, 1.807) is 19.1 Å². The topological polar surface area (TPSA) is 55.4 Å². The van der Waals surface area contributed by atoms with E-state index in [0.29, 0.717) is 22.7 Å². The summed E-state index contributed by atoms with van der Waals surface area (Å²) in [4.78, 5) is 25.5. The number of carbonyl (C=O) groups excluding carboxylic acids is 2. The van der Waals surface area contributed by atoms with E-state index in [-0.39, 0.29) is 5.91 Å². The van der Waals surface area contributed by atoms with E-state index in [1.807, 2.05) is 32.9 Å². The fraction of sp³-hybridized carbons (Fsp3) is 0.333. The van der Waals surface area contributed by atoms with Crippen LogP contribution < -0.4 is 5.32 Å². The van der Waals surface area contributed by atoms with Crippen LogP contribution in [0.4, 0.5) is 5.00 Å². The predicted molar refractivity (Wildman–Crippen MR) is 93.5 cm³/mol. The highest BCUT2D eigenvalue weighted by atomic mass is 32.1. The van der Waals surface area contributed by atoms with Crippen LogP contribution in [-0.4, -0.2) is 18.5 Å². The lowest BCUT2D eigenvalue weighted by molar-refractivity contribution is 0.0528. The van der Waals surface area contributed by atoms with Crippen molar-refractivity contribution in [3.63, 3.8) is 0 Å². The molecule has 0 unspecified atom stereocenters. The molecule has 1 aromatic carbocycles. The van der Waals surface area contributed by atoms with Gasteiger partial charge in [-0.05, 0) is 56.5 Å². The number of benzene rings is 1. The number of aryl methyl sites for hydroxylation is 3. The number of hydrogen-bond acceptors (Lipinski definition) is 4. The van der Waals surface area contributed by atoms with Crippen molar-refractivity contribution in [3.8, 4) is 0 Å². The average Bonchev–Trinajstić information content (AvgIpc) is 2.93. The van der Waals surface area contributed by atoms with Crippen molar-refractivity contribution >= 4 is 28.2 Å². The highest BCUT2D eigenvalue weighted by Gasteiger charge is 2.19. The molecule has 0 bridgehead atoms. The molecule has 0 spiro atoms. The molecule has 0 saturated heterocycles. The number of rotatable bonds is 5. The van der Waals surface area contributed by atoms with Crippen LogP contribution in [0.15, 0.2) is 24.3 Å². The van der Waals surface area contributed by atoms with Gasteiger partial charge in [0.2, 0.25) is 0 Å².